The van der Waals surface area contributed by atoms with Crippen LogP contribution in [0.15, 0.2) is 35.1 Å². The van der Waals surface area contributed by atoms with Gasteiger partial charge in [0.05, 0.1) is 12.7 Å². The Kier molecular flexibility index (Phi) is 2.79. The van der Waals surface area contributed by atoms with Gasteiger partial charge in [-0.3, -0.25) is 0 Å². The van der Waals surface area contributed by atoms with Gasteiger partial charge in [-0.2, -0.15) is 13.2 Å². The van der Waals surface area contributed by atoms with Gasteiger partial charge in [0.1, 0.15) is 17.7 Å². The Morgan fingerprint density at radius 2 is 2.00 bits per heavy atom. The summed E-state index contributed by atoms with van der Waals surface area (Å²) in [6, 6.07) is 4.67. The topological polar surface area (TPSA) is 35.3 Å². The molecule has 0 amide bonds. The monoisotopic (exact) mass is 243 g/mol. The number of alkyl halides is 3. The number of aromatic nitrogens is 1. The highest BCUT2D eigenvalue weighted by Gasteiger charge is 2.31. The number of methoxy groups -OCH3 is 1. The molecule has 17 heavy (non-hydrogen) atoms. The minimum absolute atomic E-state index is 0.246. The molecule has 0 fully saturated rings. The second kappa shape index (κ2) is 4.12. The van der Waals surface area contributed by atoms with Gasteiger partial charge in [0, 0.05) is 11.6 Å². The lowest BCUT2D eigenvalue weighted by molar-refractivity contribution is -0.137. The largest absolute Gasteiger partial charge is 0.496 e. The van der Waals surface area contributed by atoms with Crippen molar-refractivity contribution < 1.29 is 22.4 Å². The molecule has 0 aliphatic carbocycles. The highest BCUT2D eigenvalue weighted by atomic mass is 19.4. The first-order valence-electron chi connectivity index (χ1n) is 4.68. The van der Waals surface area contributed by atoms with Crippen LogP contribution in [0.5, 0.6) is 5.75 Å². The number of nitrogens with zero attached hydrogens (tertiary/aromatic N) is 1. The molecule has 0 aliphatic rings. The number of halogens is 3. The van der Waals surface area contributed by atoms with Crippen molar-refractivity contribution in [2.24, 2.45) is 0 Å². The van der Waals surface area contributed by atoms with Crippen LogP contribution in [0.4, 0.5) is 13.2 Å². The van der Waals surface area contributed by atoms with Crippen LogP contribution >= 0.6 is 0 Å². The molecule has 1 aromatic carbocycles. The Morgan fingerprint density at radius 1 is 1.24 bits per heavy atom. The lowest BCUT2D eigenvalue weighted by Crippen LogP contribution is -2.05. The van der Waals surface area contributed by atoms with Gasteiger partial charge in [0.25, 0.3) is 0 Å². The summed E-state index contributed by atoms with van der Waals surface area (Å²) >= 11 is 0. The molecule has 0 bridgehead atoms. The minimum Gasteiger partial charge on any atom is -0.496 e. The van der Waals surface area contributed by atoms with E-state index < -0.39 is 11.7 Å². The molecule has 6 heteroatoms. The average Bonchev–Trinajstić information content (AvgIpc) is 2.80. The zero-order valence-electron chi connectivity index (χ0n) is 8.78. The normalized spacial score (nSPS) is 11.5. The zero-order valence-corrected chi connectivity index (χ0v) is 8.78. The maximum Gasteiger partial charge on any atom is 0.416 e. The third-order valence-electron chi connectivity index (χ3n) is 2.24. The molecule has 0 saturated carbocycles. The van der Waals surface area contributed by atoms with Crippen molar-refractivity contribution >= 4 is 0 Å². The molecule has 0 spiro atoms. The summed E-state index contributed by atoms with van der Waals surface area (Å²) in [5.41, 5.74) is -0.208. The molecule has 0 N–H and O–H groups in total. The van der Waals surface area contributed by atoms with Crippen LogP contribution in [0.3, 0.4) is 0 Å². The van der Waals surface area contributed by atoms with Gasteiger partial charge in [-0.05, 0) is 18.2 Å². The van der Waals surface area contributed by atoms with Crippen LogP contribution in [-0.4, -0.2) is 12.3 Å². The van der Waals surface area contributed by atoms with Crippen LogP contribution in [0.1, 0.15) is 5.56 Å². The van der Waals surface area contributed by atoms with Gasteiger partial charge in [-0.15, -0.1) is 0 Å². The van der Waals surface area contributed by atoms with E-state index in [0.29, 0.717) is 11.4 Å². The van der Waals surface area contributed by atoms with Gasteiger partial charge < -0.3 is 9.26 Å². The fourth-order valence-electron chi connectivity index (χ4n) is 1.44. The summed E-state index contributed by atoms with van der Waals surface area (Å²) in [4.78, 5) is 0. The molecule has 90 valence electrons. The smallest absolute Gasteiger partial charge is 0.416 e. The molecular weight excluding hydrogens is 235 g/mol. The van der Waals surface area contributed by atoms with E-state index >= 15 is 0 Å². The van der Waals surface area contributed by atoms with Gasteiger partial charge in [-0.25, -0.2) is 0 Å². The lowest BCUT2D eigenvalue weighted by Gasteiger charge is -2.10. The molecule has 2 rings (SSSR count). The quantitative estimate of drug-likeness (QED) is 0.811. The molecule has 3 nitrogen and oxygen atoms in total. The van der Waals surface area contributed by atoms with Crippen LogP contribution < -0.4 is 4.74 Å². The summed E-state index contributed by atoms with van der Waals surface area (Å²) in [5.74, 6) is 0.312. The van der Waals surface area contributed by atoms with E-state index in [1.807, 2.05) is 0 Å². The summed E-state index contributed by atoms with van der Waals surface area (Å²) in [5, 5.41) is 3.60. The van der Waals surface area contributed by atoms with E-state index in [1.165, 1.54) is 25.5 Å². The maximum atomic E-state index is 12.6. The molecule has 2 aromatic rings. The van der Waals surface area contributed by atoms with Crippen molar-refractivity contribution in [2.45, 2.75) is 6.18 Å². The Bertz CT molecular complexity index is 506. The highest BCUT2D eigenvalue weighted by Crippen LogP contribution is 2.36. The van der Waals surface area contributed by atoms with Crippen LogP contribution in [0, 0.1) is 0 Å². The lowest BCUT2D eigenvalue weighted by atomic mass is 10.1. The third kappa shape index (κ3) is 2.25. The van der Waals surface area contributed by atoms with Crippen LogP contribution in [0.25, 0.3) is 11.3 Å². The van der Waals surface area contributed by atoms with Crippen LogP contribution in [0.2, 0.25) is 0 Å². The second-order valence-electron chi connectivity index (χ2n) is 3.30. The number of ether oxygens (including phenoxy) is 1. The Labute approximate surface area is 94.8 Å². The second-order valence-corrected chi connectivity index (χ2v) is 3.30. The summed E-state index contributed by atoms with van der Waals surface area (Å²) in [7, 11) is 1.38. The Balaban J connectivity index is 2.55. The third-order valence-corrected chi connectivity index (χ3v) is 2.24. The van der Waals surface area contributed by atoms with Crippen molar-refractivity contribution in [1.29, 1.82) is 0 Å². The number of benzene rings is 1. The number of hydrogen-bond acceptors (Lipinski definition) is 3. The average molecular weight is 243 g/mol. The number of rotatable bonds is 2. The molecule has 0 saturated heterocycles. The van der Waals surface area contributed by atoms with Gasteiger partial charge in [-0.1, -0.05) is 5.16 Å². The SMILES string of the molecule is COc1ccc(C(F)(F)F)cc1-c1ccon1. The highest BCUT2D eigenvalue weighted by molar-refractivity contribution is 5.67. The summed E-state index contributed by atoms with van der Waals surface area (Å²) in [6.07, 6.45) is -3.11. The van der Waals surface area contributed by atoms with E-state index in [1.54, 1.807) is 0 Å². The fourth-order valence-corrected chi connectivity index (χ4v) is 1.44. The number of hydrogen-bond donors (Lipinski definition) is 0. The van der Waals surface area contributed by atoms with Gasteiger partial charge in [0.2, 0.25) is 0 Å². The van der Waals surface area contributed by atoms with Crippen molar-refractivity contribution in [3.8, 4) is 17.0 Å². The van der Waals surface area contributed by atoms with E-state index in [2.05, 4.69) is 9.68 Å². The Morgan fingerprint density at radius 3 is 2.53 bits per heavy atom. The van der Waals surface area contributed by atoms with Crippen molar-refractivity contribution in [1.82, 2.24) is 5.16 Å². The predicted octanol–water partition coefficient (Wildman–Crippen LogP) is 3.37. The summed E-state index contributed by atoms with van der Waals surface area (Å²) < 4.78 is 47.3. The molecular formula is C11H8F3NO2. The van der Waals surface area contributed by atoms with Crippen molar-refractivity contribution in [3.05, 3.63) is 36.1 Å². The first-order valence-corrected chi connectivity index (χ1v) is 4.68. The molecule has 1 heterocycles. The Hall–Kier alpha value is -1.98. The molecule has 0 aliphatic heterocycles. The molecule has 1 aromatic heterocycles. The van der Waals surface area contributed by atoms with Crippen molar-refractivity contribution in [3.63, 3.8) is 0 Å². The maximum absolute atomic E-state index is 12.6. The minimum atomic E-state index is -4.40. The van der Waals surface area contributed by atoms with Crippen molar-refractivity contribution in [2.75, 3.05) is 7.11 Å². The van der Waals surface area contributed by atoms with E-state index in [9.17, 15) is 13.2 Å². The standard InChI is InChI=1S/C11H8F3NO2/c1-16-10-3-2-7(11(12,13)14)6-8(10)9-4-5-17-15-9/h2-6H,1H3. The molecule has 0 unspecified atom stereocenters. The summed E-state index contributed by atoms with van der Waals surface area (Å²) in [6.45, 7) is 0. The zero-order chi connectivity index (χ0) is 12.5. The first-order chi connectivity index (χ1) is 8.02. The first kappa shape index (κ1) is 11.5. The van der Waals surface area contributed by atoms with Gasteiger partial charge in [0.15, 0.2) is 0 Å². The van der Waals surface area contributed by atoms with E-state index in [-0.39, 0.29) is 5.56 Å². The van der Waals surface area contributed by atoms with E-state index in [0.717, 1.165) is 12.1 Å². The predicted molar refractivity (Wildman–Crippen MR) is 53.5 cm³/mol. The van der Waals surface area contributed by atoms with E-state index in [4.69, 9.17) is 4.74 Å². The molecule has 0 atom stereocenters. The van der Waals surface area contributed by atoms with Crippen LogP contribution in [-0.2, 0) is 6.18 Å². The molecule has 0 radical (unpaired) electrons. The van der Waals surface area contributed by atoms with Gasteiger partial charge >= 0.3 is 6.18 Å². The fraction of sp³-hybridized carbons (Fsp3) is 0.182.